The van der Waals surface area contributed by atoms with Gasteiger partial charge in [0.15, 0.2) is 4.96 Å². The van der Waals surface area contributed by atoms with Crippen molar-refractivity contribution >= 4 is 33.4 Å². The third kappa shape index (κ3) is 1.96. The molecular weight excluding hydrogens is 292 g/mol. The van der Waals surface area contributed by atoms with Crippen molar-refractivity contribution in [3.05, 3.63) is 74.0 Å². The standard InChI is InChI=1S/C18H14N2OS/c1-11-8-14-15(9-12(11)2)20-17(21)16(22-18(20)19-14)10-13-6-4-3-5-7-13/h3-10H,1-2H3/b16-10-. The van der Waals surface area contributed by atoms with E-state index in [2.05, 4.69) is 18.8 Å². The summed E-state index contributed by atoms with van der Waals surface area (Å²) in [6, 6.07) is 14.0. The second kappa shape index (κ2) is 4.78. The first-order valence-corrected chi connectivity index (χ1v) is 7.94. The summed E-state index contributed by atoms with van der Waals surface area (Å²) in [7, 11) is 0. The maximum atomic E-state index is 12.7. The van der Waals surface area contributed by atoms with Gasteiger partial charge in [-0.25, -0.2) is 9.38 Å². The molecule has 108 valence electrons. The van der Waals surface area contributed by atoms with Crippen LogP contribution in [0.15, 0.2) is 47.3 Å². The number of rotatable bonds is 1. The molecule has 0 saturated carbocycles. The molecule has 0 unspecified atom stereocenters. The summed E-state index contributed by atoms with van der Waals surface area (Å²) in [6.07, 6.45) is 1.93. The van der Waals surface area contributed by atoms with Gasteiger partial charge in [0.05, 0.1) is 15.6 Å². The van der Waals surface area contributed by atoms with Gasteiger partial charge in [-0.15, -0.1) is 0 Å². The van der Waals surface area contributed by atoms with Gasteiger partial charge >= 0.3 is 0 Å². The maximum absolute atomic E-state index is 12.7. The fourth-order valence-corrected chi connectivity index (χ4v) is 3.61. The van der Waals surface area contributed by atoms with E-state index in [4.69, 9.17) is 0 Å². The summed E-state index contributed by atoms with van der Waals surface area (Å²) < 4.78 is 2.44. The number of hydrogen-bond donors (Lipinski definition) is 0. The third-order valence-corrected chi connectivity index (χ3v) is 4.92. The zero-order valence-corrected chi connectivity index (χ0v) is 13.1. The zero-order chi connectivity index (χ0) is 15.3. The van der Waals surface area contributed by atoms with Crippen LogP contribution >= 0.6 is 11.3 Å². The van der Waals surface area contributed by atoms with Gasteiger partial charge in [-0.1, -0.05) is 41.7 Å². The quantitative estimate of drug-likeness (QED) is 0.541. The first kappa shape index (κ1) is 13.2. The maximum Gasteiger partial charge on any atom is 0.274 e. The van der Waals surface area contributed by atoms with Crippen LogP contribution in [0.2, 0.25) is 0 Å². The Morgan fingerprint density at radius 2 is 1.82 bits per heavy atom. The summed E-state index contributed by atoms with van der Waals surface area (Å²) >= 11 is 1.44. The van der Waals surface area contributed by atoms with E-state index in [1.807, 2.05) is 48.5 Å². The molecule has 4 aromatic rings. The largest absolute Gasteiger partial charge is 0.274 e. The van der Waals surface area contributed by atoms with Gasteiger partial charge in [-0.2, -0.15) is 0 Å². The van der Waals surface area contributed by atoms with Gasteiger partial charge in [0, 0.05) is 0 Å². The fourth-order valence-electron chi connectivity index (χ4n) is 2.62. The van der Waals surface area contributed by atoms with E-state index in [-0.39, 0.29) is 5.56 Å². The number of benzene rings is 2. The number of imidazole rings is 1. The highest BCUT2D eigenvalue weighted by Crippen LogP contribution is 2.20. The van der Waals surface area contributed by atoms with Gasteiger partial charge in [-0.05, 0) is 48.7 Å². The van der Waals surface area contributed by atoms with Gasteiger partial charge in [0.2, 0.25) is 0 Å². The Bertz CT molecular complexity index is 1110. The van der Waals surface area contributed by atoms with E-state index in [9.17, 15) is 4.79 Å². The minimum absolute atomic E-state index is 0.00889. The molecule has 0 fully saturated rings. The Balaban J connectivity index is 2.05. The Morgan fingerprint density at radius 3 is 2.59 bits per heavy atom. The predicted molar refractivity (Wildman–Crippen MR) is 91.5 cm³/mol. The Labute approximate surface area is 131 Å². The van der Waals surface area contributed by atoms with Gasteiger partial charge < -0.3 is 0 Å². The molecule has 4 heteroatoms. The lowest BCUT2D eigenvalue weighted by Crippen LogP contribution is -2.22. The first-order valence-electron chi connectivity index (χ1n) is 7.12. The topological polar surface area (TPSA) is 34.4 Å². The van der Waals surface area contributed by atoms with Crippen molar-refractivity contribution in [2.45, 2.75) is 13.8 Å². The Hall–Kier alpha value is -2.46. The van der Waals surface area contributed by atoms with Crippen molar-refractivity contribution in [1.82, 2.24) is 9.38 Å². The van der Waals surface area contributed by atoms with Crippen LogP contribution < -0.4 is 10.1 Å². The van der Waals surface area contributed by atoms with Crippen molar-refractivity contribution in [2.75, 3.05) is 0 Å². The van der Waals surface area contributed by atoms with Crippen LogP contribution in [-0.2, 0) is 0 Å². The summed E-state index contributed by atoms with van der Waals surface area (Å²) in [5.74, 6) is 0. The number of aryl methyl sites for hydroxylation is 2. The minimum atomic E-state index is 0.00889. The van der Waals surface area contributed by atoms with Crippen molar-refractivity contribution in [3.63, 3.8) is 0 Å². The van der Waals surface area contributed by atoms with Crippen LogP contribution in [0.1, 0.15) is 16.7 Å². The monoisotopic (exact) mass is 306 g/mol. The van der Waals surface area contributed by atoms with Crippen LogP contribution in [0.3, 0.4) is 0 Å². The molecule has 3 nitrogen and oxygen atoms in total. The summed E-state index contributed by atoms with van der Waals surface area (Å²) in [5.41, 5.74) is 5.19. The summed E-state index contributed by atoms with van der Waals surface area (Å²) in [4.78, 5) is 18.1. The van der Waals surface area contributed by atoms with Crippen LogP contribution in [0.5, 0.6) is 0 Å². The molecule has 0 aliphatic rings. The van der Waals surface area contributed by atoms with E-state index in [1.165, 1.54) is 22.5 Å². The van der Waals surface area contributed by atoms with E-state index in [0.717, 1.165) is 21.6 Å². The highest BCUT2D eigenvalue weighted by atomic mass is 32.1. The van der Waals surface area contributed by atoms with E-state index in [0.29, 0.717) is 4.53 Å². The second-order valence-electron chi connectivity index (χ2n) is 5.48. The van der Waals surface area contributed by atoms with Crippen molar-refractivity contribution in [3.8, 4) is 0 Å². The van der Waals surface area contributed by atoms with Crippen molar-refractivity contribution < 1.29 is 0 Å². The normalized spacial score (nSPS) is 12.5. The SMILES string of the molecule is Cc1cc2nc3s/c(=C\c4ccccc4)c(=O)n3c2cc1C. The number of fused-ring (bicyclic) bond motifs is 3. The summed E-state index contributed by atoms with van der Waals surface area (Å²) in [6.45, 7) is 4.12. The Kier molecular flexibility index (Phi) is 2.87. The van der Waals surface area contributed by atoms with Gasteiger partial charge in [-0.3, -0.25) is 4.79 Å². The average Bonchev–Trinajstić information content (AvgIpc) is 2.98. The van der Waals surface area contributed by atoms with Crippen LogP contribution in [-0.4, -0.2) is 9.38 Å². The third-order valence-electron chi connectivity index (χ3n) is 3.95. The molecule has 0 aliphatic carbocycles. The highest BCUT2D eigenvalue weighted by molar-refractivity contribution is 7.15. The van der Waals surface area contributed by atoms with Crippen LogP contribution in [0.4, 0.5) is 0 Å². The summed E-state index contributed by atoms with van der Waals surface area (Å²) in [5, 5.41) is 0. The molecule has 0 radical (unpaired) electrons. The average molecular weight is 306 g/mol. The van der Waals surface area contributed by atoms with E-state index in [1.54, 1.807) is 4.40 Å². The van der Waals surface area contributed by atoms with Crippen LogP contribution in [0.25, 0.3) is 22.1 Å². The Morgan fingerprint density at radius 1 is 1.09 bits per heavy atom. The lowest BCUT2D eigenvalue weighted by molar-refractivity contribution is 1.18. The van der Waals surface area contributed by atoms with Crippen LogP contribution in [0, 0.1) is 13.8 Å². The molecule has 0 saturated heterocycles. The van der Waals surface area contributed by atoms with Crippen molar-refractivity contribution in [2.24, 2.45) is 0 Å². The molecule has 2 aromatic carbocycles. The molecule has 0 N–H and O–H groups in total. The number of nitrogens with zero attached hydrogens (tertiary/aromatic N) is 2. The molecule has 2 aromatic heterocycles. The smallest absolute Gasteiger partial charge is 0.267 e. The second-order valence-corrected chi connectivity index (χ2v) is 6.49. The predicted octanol–water partition coefficient (Wildman–Crippen LogP) is 3.07. The molecule has 22 heavy (non-hydrogen) atoms. The fraction of sp³-hybridized carbons (Fsp3) is 0.111. The number of hydrogen-bond acceptors (Lipinski definition) is 3. The van der Waals surface area contributed by atoms with E-state index >= 15 is 0 Å². The number of aromatic nitrogens is 2. The molecule has 0 amide bonds. The molecule has 0 aliphatic heterocycles. The molecule has 0 spiro atoms. The molecule has 0 bridgehead atoms. The van der Waals surface area contributed by atoms with E-state index < -0.39 is 0 Å². The first-order chi connectivity index (χ1) is 10.6. The van der Waals surface area contributed by atoms with Crippen molar-refractivity contribution in [1.29, 1.82) is 0 Å². The molecular formula is C18H14N2OS. The zero-order valence-electron chi connectivity index (χ0n) is 12.3. The highest BCUT2D eigenvalue weighted by Gasteiger charge is 2.12. The minimum Gasteiger partial charge on any atom is -0.267 e. The molecule has 4 rings (SSSR count). The lowest BCUT2D eigenvalue weighted by atomic mass is 10.1. The molecule has 0 atom stereocenters. The lowest BCUT2D eigenvalue weighted by Gasteiger charge is -1.98. The number of thiazole rings is 1. The van der Waals surface area contributed by atoms with Gasteiger partial charge in [0.25, 0.3) is 5.56 Å². The molecule has 2 heterocycles. The van der Waals surface area contributed by atoms with Gasteiger partial charge in [0.1, 0.15) is 0 Å².